The zero-order chi connectivity index (χ0) is 17.6. The number of nitrogens with one attached hydrogen (secondary N) is 2. The van der Waals surface area contributed by atoms with Crippen molar-refractivity contribution in [3.63, 3.8) is 0 Å². The van der Waals surface area contributed by atoms with E-state index in [4.69, 9.17) is 0 Å². The molecule has 0 aliphatic rings. The van der Waals surface area contributed by atoms with Crippen molar-refractivity contribution in [1.82, 2.24) is 10.6 Å². The van der Waals surface area contributed by atoms with Gasteiger partial charge in [0.05, 0.1) is 12.1 Å². The van der Waals surface area contributed by atoms with Crippen molar-refractivity contribution < 1.29 is 4.79 Å². The zero-order valence-corrected chi connectivity index (χ0v) is 14.7. The molecule has 0 fully saturated rings. The Balaban J connectivity index is 1.55. The molecule has 0 spiro atoms. The van der Waals surface area contributed by atoms with E-state index < -0.39 is 0 Å². The molecule has 0 aromatic heterocycles. The number of rotatable bonds is 6. The second-order valence-electron chi connectivity index (χ2n) is 6.43. The van der Waals surface area contributed by atoms with E-state index >= 15 is 0 Å². The Morgan fingerprint density at radius 2 is 1.56 bits per heavy atom. The standard InChI is InChI=1S/C22H24N2O/c1-16(19-8-4-3-5-9-19)24-22(25)17(2)23-15-18-12-13-20-10-6-7-11-21(20)14-18/h3-14,16-17,23H,15H2,1-2H3,(H,24,25). The number of carbonyl (C=O) groups excluding carboxylic acids is 1. The Labute approximate surface area is 149 Å². The lowest BCUT2D eigenvalue weighted by Crippen LogP contribution is -2.42. The van der Waals surface area contributed by atoms with E-state index in [0.717, 1.165) is 5.56 Å². The number of benzene rings is 3. The Morgan fingerprint density at radius 3 is 2.32 bits per heavy atom. The van der Waals surface area contributed by atoms with E-state index in [0.29, 0.717) is 6.54 Å². The van der Waals surface area contributed by atoms with Gasteiger partial charge in [-0.2, -0.15) is 0 Å². The second-order valence-corrected chi connectivity index (χ2v) is 6.43. The van der Waals surface area contributed by atoms with Crippen molar-refractivity contribution >= 4 is 16.7 Å². The molecule has 0 saturated carbocycles. The summed E-state index contributed by atoms with van der Waals surface area (Å²) >= 11 is 0. The highest BCUT2D eigenvalue weighted by Crippen LogP contribution is 2.16. The molecule has 0 aliphatic carbocycles. The van der Waals surface area contributed by atoms with Crippen LogP contribution in [0.1, 0.15) is 31.0 Å². The highest BCUT2D eigenvalue weighted by atomic mass is 16.2. The highest BCUT2D eigenvalue weighted by Gasteiger charge is 2.15. The van der Waals surface area contributed by atoms with Crippen molar-refractivity contribution in [2.75, 3.05) is 0 Å². The average Bonchev–Trinajstić information content (AvgIpc) is 2.66. The number of carbonyl (C=O) groups is 1. The molecule has 3 aromatic carbocycles. The molecule has 3 aromatic rings. The molecule has 0 radical (unpaired) electrons. The third-order valence-electron chi connectivity index (χ3n) is 4.48. The molecular formula is C22H24N2O. The van der Waals surface area contributed by atoms with Gasteiger partial charge in [-0.25, -0.2) is 0 Å². The third kappa shape index (κ3) is 4.46. The molecule has 1 amide bonds. The van der Waals surface area contributed by atoms with Gasteiger partial charge in [0.25, 0.3) is 0 Å². The van der Waals surface area contributed by atoms with E-state index in [9.17, 15) is 4.79 Å². The van der Waals surface area contributed by atoms with Gasteiger partial charge in [-0.15, -0.1) is 0 Å². The van der Waals surface area contributed by atoms with Gasteiger partial charge in [0.1, 0.15) is 0 Å². The predicted octanol–water partition coefficient (Wildman–Crippen LogP) is 4.20. The topological polar surface area (TPSA) is 41.1 Å². The summed E-state index contributed by atoms with van der Waals surface area (Å²) in [5.74, 6) is 0.0112. The number of hydrogen-bond acceptors (Lipinski definition) is 2. The van der Waals surface area contributed by atoms with Crippen molar-refractivity contribution in [2.24, 2.45) is 0 Å². The van der Waals surface area contributed by atoms with Crippen LogP contribution in [0.5, 0.6) is 0 Å². The zero-order valence-electron chi connectivity index (χ0n) is 14.7. The fourth-order valence-electron chi connectivity index (χ4n) is 2.88. The van der Waals surface area contributed by atoms with Crippen LogP contribution in [0, 0.1) is 0 Å². The maximum Gasteiger partial charge on any atom is 0.237 e. The van der Waals surface area contributed by atoms with Crippen molar-refractivity contribution in [2.45, 2.75) is 32.5 Å². The molecule has 0 bridgehead atoms. The Hall–Kier alpha value is -2.65. The molecule has 3 nitrogen and oxygen atoms in total. The van der Waals surface area contributed by atoms with Crippen LogP contribution < -0.4 is 10.6 Å². The van der Waals surface area contributed by atoms with E-state index in [2.05, 4.69) is 41.0 Å². The number of amides is 1. The quantitative estimate of drug-likeness (QED) is 0.710. The first kappa shape index (κ1) is 17.2. The largest absolute Gasteiger partial charge is 0.348 e. The van der Waals surface area contributed by atoms with Crippen LogP contribution in [0.4, 0.5) is 0 Å². The lowest BCUT2D eigenvalue weighted by Gasteiger charge is -2.19. The molecule has 0 heterocycles. The van der Waals surface area contributed by atoms with Gasteiger partial charge in [0.2, 0.25) is 5.91 Å². The lowest BCUT2D eigenvalue weighted by molar-refractivity contribution is -0.123. The second kappa shape index (κ2) is 7.95. The summed E-state index contributed by atoms with van der Waals surface area (Å²) in [6.45, 7) is 4.57. The predicted molar refractivity (Wildman–Crippen MR) is 103 cm³/mol. The van der Waals surface area contributed by atoms with Gasteiger partial charge in [-0.1, -0.05) is 66.7 Å². The lowest BCUT2D eigenvalue weighted by atomic mass is 10.1. The summed E-state index contributed by atoms with van der Waals surface area (Å²) in [7, 11) is 0. The first-order valence-electron chi connectivity index (χ1n) is 8.70. The third-order valence-corrected chi connectivity index (χ3v) is 4.48. The summed E-state index contributed by atoms with van der Waals surface area (Å²) in [4.78, 5) is 12.4. The first-order chi connectivity index (χ1) is 12.1. The minimum Gasteiger partial charge on any atom is -0.348 e. The summed E-state index contributed by atoms with van der Waals surface area (Å²) in [5, 5.41) is 8.82. The normalized spacial score (nSPS) is 13.4. The highest BCUT2D eigenvalue weighted by molar-refractivity contribution is 5.83. The Bertz CT molecular complexity index is 845. The number of fused-ring (bicyclic) bond motifs is 1. The summed E-state index contributed by atoms with van der Waals surface area (Å²) < 4.78 is 0. The molecular weight excluding hydrogens is 308 g/mol. The van der Waals surface area contributed by atoms with E-state index in [1.165, 1.54) is 16.3 Å². The van der Waals surface area contributed by atoms with Crippen molar-refractivity contribution in [3.8, 4) is 0 Å². The fourth-order valence-corrected chi connectivity index (χ4v) is 2.88. The van der Waals surface area contributed by atoms with Crippen LogP contribution >= 0.6 is 0 Å². The minimum atomic E-state index is -0.252. The molecule has 0 saturated heterocycles. The van der Waals surface area contributed by atoms with Crippen LogP contribution in [0.15, 0.2) is 72.8 Å². The SMILES string of the molecule is CC(NCc1ccc2ccccc2c1)C(=O)NC(C)c1ccccc1. The van der Waals surface area contributed by atoms with E-state index in [1.807, 2.05) is 56.3 Å². The number of hydrogen-bond donors (Lipinski definition) is 2. The molecule has 0 aliphatic heterocycles. The monoisotopic (exact) mass is 332 g/mol. The summed E-state index contributed by atoms with van der Waals surface area (Å²) in [6.07, 6.45) is 0. The molecule has 3 heteroatoms. The van der Waals surface area contributed by atoms with Crippen LogP contribution in [-0.2, 0) is 11.3 Å². The van der Waals surface area contributed by atoms with Crippen LogP contribution in [0.25, 0.3) is 10.8 Å². The molecule has 2 N–H and O–H groups in total. The van der Waals surface area contributed by atoms with Crippen LogP contribution in [-0.4, -0.2) is 11.9 Å². The van der Waals surface area contributed by atoms with Crippen LogP contribution in [0.2, 0.25) is 0 Å². The van der Waals surface area contributed by atoms with Gasteiger partial charge >= 0.3 is 0 Å². The van der Waals surface area contributed by atoms with Gasteiger partial charge < -0.3 is 10.6 Å². The Morgan fingerprint density at radius 1 is 0.880 bits per heavy atom. The van der Waals surface area contributed by atoms with Gasteiger partial charge in [-0.05, 0) is 41.8 Å². The fraction of sp³-hybridized carbons (Fsp3) is 0.227. The maximum absolute atomic E-state index is 12.4. The smallest absolute Gasteiger partial charge is 0.237 e. The van der Waals surface area contributed by atoms with Crippen molar-refractivity contribution in [1.29, 1.82) is 0 Å². The molecule has 2 unspecified atom stereocenters. The van der Waals surface area contributed by atoms with Crippen LogP contribution in [0.3, 0.4) is 0 Å². The molecule has 128 valence electrons. The van der Waals surface area contributed by atoms with Crippen molar-refractivity contribution in [3.05, 3.63) is 83.9 Å². The molecule has 3 rings (SSSR count). The minimum absolute atomic E-state index is 0.00128. The molecule has 2 atom stereocenters. The molecule has 25 heavy (non-hydrogen) atoms. The van der Waals surface area contributed by atoms with E-state index in [1.54, 1.807) is 0 Å². The van der Waals surface area contributed by atoms with Gasteiger partial charge in [0, 0.05) is 6.54 Å². The summed E-state index contributed by atoms with van der Waals surface area (Å²) in [6, 6.07) is 24.4. The van der Waals surface area contributed by atoms with E-state index in [-0.39, 0.29) is 18.0 Å². The maximum atomic E-state index is 12.4. The Kier molecular flexibility index (Phi) is 5.46. The average molecular weight is 332 g/mol. The summed E-state index contributed by atoms with van der Waals surface area (Å²) in [5.41, 5.74) is 2.28. The van der Waals surface area contributed by atoms with Gasteiger partial charge in [-0.3, -0.25) is 4.79 Å². The first-order valence-corrected chi connectivity index (χ1v) is 8.70. The van der Waals surface area contributed by atoms with Gasteiger partial charge in [0.15, 0.2) is 0 Å².